The lowest BCUT2D eigenvalue weighted by molar-refractivity contribution is 0.0727. The first kappa shape index (κ1) is 20.6. The molecule has 3 N–H and O–H groups in total. The molecule has 1 saturated heterocycles. The van der Waals surface area contributed by atoms with Gasteiger partial charge in [-0.1, -0.05) is 19.9 Å². The number of nitrogens with one attached hydrogen (secondary N) is 2. The van der Waals surface area contributed by atoms with Crippen LogP contribution in [0, 0.1) is 18.8 Å². The SMILES string of the molecule is Cc1ccc(C(=O)NCC2CC2)cc1NC(=O)N1CCCC1(CO)CC(C)C. The van der Waals surface area contributed by atoms with Crippen molar-refractivity contribution in [1.29, 1.82) is 0 Å². The monoisotopic (exact) mass is 387 g/mol. The number of carbonyl (C=O) groups is 2. The lowest BCUT2D eigenvalue weighted by Crippen LogP contribution is -2.52. The molecule has 28 heavy (non-hydrogen) atoms. The fourth-order valence-corrected chi connectivity index (χ4v) is 4.20. The van der Waals surface area contributed by atoms with Gasteiger partial charge >= 0.3 is 6.03 Å². The molecule has 0 aromatic heterocycles. The van der Waals surface area contributed by atoms with Gasteiger partial charge in [-0.3, -0.25) is 4.79 Å². The first-order valence-corrected chi connectivity index (χ1v) is 10.4. The molecule has 6 nitrogen and oxygen atoms in total. The van der Waals surface area contributed by atoms with Crippen molar-refractivity contribution in [1.82, 2.24) is 10.2 Å². The van der Waals surface area contributed by atoms with E-state index < -0.39 is 5.54 Å². The molecule has 1 unspecified atom stereocenters. The van der Waals surface area contributed by atoms with Crippen LogP contribution in [0.3, 0.4) is 0 Å². The third-order valence-corrected chi connectivity index (χ3v) is 5.91. The molecular weight excluding hydrogens is 354 g/mol. The minimum absolute atomic E-state index is 0.0266. The van der Waals surface area contributed by atoms with Crippen molar-refractivity contribution in [2.75, 3.05) is 25.0 Å². The normalized spacial score (nSPS) is 21.8. The van der Waals surface area contributed by atoms with E-state index in [-0.39, 0.29) is 18.5 Å². The summed E-state index contributed by atoms with van der Waals surface area (Å²) in [5, 5.41) is 16.0. The number of benzene rings is 1. The quantitative estimate of drug-likeness (QED) is 0.669. The number of hydrogen-bond acceptors (Lipinski definition) is 3. The van der Waals surface area contributed by atoms with Gasteiger partial charge in [-0.05, 0) is 68.6 Å². The molecule has 1 aliphatic heterocycles. The topological polar surface area (TPSA) is 81.7 Å². The molecule has 0 spiro atoms. The summed E-state index contributed by atoms with van der Waals surface area (Å²) in [4.78, 5) is 27.2. The zero-order valence-corrected chi connectivity index (χ0v) is 17.3. The first-order valence-electron chi connectivity index (χ1n) is 10.4. The van der Waals surface area contributed by atoms with Crippen LogP contribution in [-0.4, -0.2) is 47.2 Å². The molecule has 3 amide bonds. The molecule has 154 valence electrons. The molecule has 1 aromatic carbocycles. The van der Waals surface area contributed by atoms with E-state index >= 15 is 0 Å². The second-order valence-corrected chi connectivity index (χ2v) is 8.85. The van der Waals surface area contributed by atoms with Gasteiger partial charge in [0.2, 0.25) is 0 Å². The third-order valence-electron chi connectivity index (χ3n) is 5.91. The Kier molecular flexibility index (Phi) is 6.28. The van der Waals surface area contributed by atoms with Crippen LogP contribution in [-0.2, 0) is 0 Å². The lowest BCUT2D eigenvalue weighted by Gasteiger charge is -2.38. The van der Waals surface area contributed by atoms with Gasteiger partial charge in [-0.2, -0.15) is 0 Å². The van der Waals surface area contributed by atoms with Gasteiger partial charge < -0.3 is 20.6 Å². The summed E-state index contributed by atoms with van der Waals surface area (Å²) in [6.07, 6.45) is 4.86. The van der Waals surface area contributed by atoms with Gasteiger partial charge in [0.1, 0.15) is 0 Å². The zero-order chi connectivity index (χ0) is 20.3. The highest BCUT2D eigenvalue weighted by Crippen LogP contribution is 2.35. The summed E-state index contributed by atoms with van der Waals surface area (Å²) >= 11 is 0. The highest BCUT2D eigenvalue weighted by atomic mass is 16.3. The predicted octanol–water partition coefficient (Wildman–Crippen LogP) is 3.54. The van der Waals surface area contributed by atoms with E-state index in [0.29, 0.717) is 29.6 Å². The van der Waals surface area contributed by atoms with E-state index in [1.165, 1.54) is 12.8 Å². The minimum atomic E-state index is -0.495. The largest absolute Gasteiger partial charge is 0.394 e. The number of nitrogens with zero attached hydrogens (tertiary/aromatic N) is 1. The number of aliphatic hydroxyl groups is 1. The number of hydrogen-bond donors (Lipinski definition) is 3. The number of amides is 3. The smallest absolute Gasteiger partial charge is 0.322 e. The van der Waals surface area contributed by atoms with E-state index in [2.05, 4.69) is 24.5 Å². The Morgan fingerprint density at radius 2 is 2.07 bits per heavy atom. The molecule has 6 heteroatoms. The summed E-state index contributed by atoms with van der Waals surface area (Å²) in [5.74, 6) is 0.908. The van der Waals surface area contributed by atoms with E-state index in [9.17, 15) is 14.7 Å². The summed E-state index contributed by atoms with van der Waals surface area (Å²) in [6.45, 7) is 7.47. The van der Waals surface area contributed by atoms with Crippen LogP contribution in [0.2, 0.25) is 0 Å². The van der Waals surface area contributed by atoms with Crippen molar-refractivity contribution in [3.63, 3.8) is 0 Å². The van der Waals surface area contributed by atoms with Crippen LogP contribution < -0.4 is 10.6 Å². The molecule has 1 saturated carbocycles. The molecule has 1 atom stereocenters. The van der Waals surface area contributed by atoms with Crippen molar-refractivity contribution >= 4 is 17.6 Å². The van der Waals surface area contributed by atoms with Crippen LogP contribution in [0.1, 0.15) is 61.9 Å². The van der Waals surface area contributed by atoms with Gasteiger partial charge in [0, 0.05) is 24.3 Å². The fraction of sp³-hybridized carbons (Fsp3) is 0.636. The standard InChI is InChI=1S/C22H33N3O3/c1-15(2)12-22(14-26)9-4-10-25(22)21(28)24-19-11-18(8-5-16(19)3)20(27)23-13-17-6-7-17/h5,8,11,15,17,26H,4,6-7,9-10,12-14H2,1-3H3,(H,23,27)(H,24,28). The minimum Gasteiger partial charge on any atom is -0.394 e. The Labute approximate surface area is 167 Å². The molecule has 0 radical (unpaired) electrons. The second-order valence-electron chi connectivity index (χ2n) is 8.85. The van der Waals surface area contributed by atoms with Crippen molar-refractivity contribution in [3.05, 3.63) is 29.3 Å². The maximum absolute atomic E-state index is 13.0. The van der Waals surface area contributed by atoms with E-state index in [1.807, 2.05) is 13.0 Å². The van der Waals surface area contributed by atoms with Crippen LogP contribution in [0.5, 0.6) is 0 Å². The van der Waals surface area contributed by atoms with Crippen molar-refractivity contribution < 1.29 is 14.7 Å². The van der Waals surface area contributed by atoms with E-state index in [1.54, 1.807) is 17.0 Å². The molecule has 1 aliphatic carbocycles. The number of likely N-dealkylation sites (tertiary alicyclic amines) is 1. The number of rotatable bonds is 7. The Morgan fingerprint density at radius 3 is 2.71 bits per heavy atom. The second kappa shape index (κ2) is 8.52. The number of carbonyl (C=O) groups excluding carboxylic acids is 2. The molecular formula is C22H33N3O3. The Hall–Kier alpha value is -2.08. The Morgan fingerprint density at radius 1 is 1.32 bits per heavy atom. The summed E-state index contributed by atoms with van der Waals surface area (Å²) < 4.78 is 0. The maximum atomic E-state index is 13.0. The van der Waals surface area contributed by atoms with Gasteiger partial charge in [0.15, 0.2) is 0 Å². The lowest BCUT2D eigenvalue weighted by atomic mass is 9.87. The molecule has 0 bridgehead atoms. The van der Waals surface area contributed by atoms with Crippen molar-refractivity contribution in [3.8, 4) is 0 Å². The van der Waals surface area contributed by atoms with Gasteiger partial charge in [-0.15, -0.1) is 0 Å². The molecule has 1 heterocycles. The average Bonchev–Trinajstić information content (AvgIpc) is 3.40. The maximum Gasteiger partial charge on any atom is 0.322 e. The number of aliphatic hydroxyl groups excluding tert-OH is 1. The molecule has 2 aliphatic rings. The molecule has 3 rings (SSSR count). The van der Waals surface area contributed by atoms with Crippen LogP contribution in [0.15, 0.2) is 18.2 Å². The van der Waals surface area contributed by atoms with E-state index in [4.69, 9.17) is 0 Å². The number of anilines is 1. The van der Waals surface area contributed by atoms with Crippen molar-refractivity contribution in [2.45, 2.75) is 58.4 Å². The average molecular weight is 388 g/mol. The van der Waals surface area contributed by atoms with Crippen molar-refractivity contribution in [2.24, 2.45) is 11.8 Å². The summed E-state index contributed by atoms with van der Waals surface area (Å²) in [7, 11) is 0. The summed E-state index contributed by atoms with van der Waals surface area (Å²) in [5.41, 5.74) is 1.61. The summed E-state index contributed by atoms with van der Waals surface area (Å²) in [6, 6.07) is 5.19. The van der Waals surface area contributed by atoms with Crippen LogP contribution in [0.4, 0.5) is 10.5 Å². The van der Waals surface area contributed by atoms with Gasteiger partial charge in [-0.25, -0.2) is 4.79 Å². The zero-order valence-electron chi connectivity index (χ0n) is 17.3. The number of urea groups is 1. The van der Waals surface area contributed by atoms with E-state index in [0.717, 1.165) is 31.4 Å². The molecule has 2 fully saturated rings. The third kappa shape index (κ3) is 4.66. The number of aryl methyl sites for hydroxylation is 1. The highest BCUT2D eigenvalue weighted by molar-refractivity contribution is 5.97. The van der Waals surface area contributed by atoms with Gasteiger partial charge in [0.05, 0.1) is 12.1 Å². The van der Waals surface area contributed by atoms with Crippen LogP contribution >= 0.6 is 0 Å². The van der Waals surface area contributed by atoms with Gasteiger partial charge in [0.25, 0.3) is 5.91 Å². The Balaban J connectivity index is 1.71. The fourth-order valence-electron chi connectivity index (χ4n) is 4.20. The Bertz CT molecular complexity index is 730. The predicted molar refractivity (Wildman–Crippen MR) is 110 cm³/mol. The highest BCUT2D eigenvalue weighted by Gasteiger charge is 2.43. The first-order chi connectivity index (χ1) is 13.3. The molecule has 1 aromatic rings. The van der Waals surface area contributed by atoms with Crippen LogP contribution in [0.25, 0.3) is 0 Å².